The van der Waals surface area contributed by atoms with Crippen molar-refractivity contribution in [1.82, 2.24) is 4.98 Å². The van der Waals surface area contributed by atoms with Crippen LogP contribution in [0.1, 0.15) is 18.1 Å². The minimum absolute atomic E-state index is 0.682. The van der Waals surface area contributed by atoms with E-state index in [0.29, 0.717) is 6.54 Å². The van der Waals surface area contributed by atoms with E-state index >= 15 is 0 Å². The molecule has 1 aromatic heterocycles. The number of aryl methyl sites for hydroxylation is 1. The van der Waals surface area contributed by atoms with Crippen molar-refractivity contribution in [3.05, 3.63) is 63.1 Å². The summed E-state index contributed by atoms with van der Waals surface area (Å²) in [5.74, 6) is 1.66. The maximum atomic E-state index is 6.31. The van der Waals surface area contributed by atoms with Crippen molar-refractivity contribution in [1.29, 1.82) is 0 Å². The molecule has 0 aliphatic carbocycles. The Kier molecular flexibility index (Phi) is 5.27. The van der Waals surface area contributed by atoms with Gasteiger partial charge in [0.05, 0.1) is 17.1 Å². The van der Waals surface area contributed by atoms with Gasteiger partial charge in [-0.05, 0) is 63.8 Å². The summed E-state index contributed by atoms with van der Waals surface area (Å²) in [6.45, 7) is 2.78. The lowest BCUT2D eigenvalue weighted by Gasteiger charge is -2.11. The van der Waals surface area contributed by atoms with E-state index in [2.05, 4.69) is 40.3 Å². The summed E-state index contributed by atoms with van der Waals surface area (Å²) in [4.78, 5) is 4.69. The number of hydrogen-bond donors (Lipinski definition) is 1. The number of hydrogen-bond acceptors (Lipinski definition) is 3. The Hall–Kier alpha value is -1.78. The Balaban J connectivity index is 1.84. The molecule has 0 saturated carbocycles. The van der Waals surface area contributed by atoms with Crippen molar-refractivity contribution in [3.63, 3.8) is 0 Å². The van der Waals surface area contributed by atoms with Gasteiger partial charge in [-0.25, -0.2) is 4.98 Å². The number of nitrogens with zero attached hydrogens (tertiary/aromatic N) is 1. The highest BCUT2D eigenvalue weighted by Crippen LogP contribution is 2.29. The van der Waals surface area contributed by atoms with Crippen LogP contribution in [0, 0.1) is 0 Å². The van der Waals surface area contributed by atoms with Crippen LogP contribution in [0.25, 0.3) is 10.9 Å². The van der Waals surface area contributed by atoms with Gasteiger partial charge in [0.1, 0.15) is 11.6 Å². The molecule has 124 valence electrons. The van der Waals surface area contributed by atoms with Gasteiger partial charge < -0.3 is 10.1 Å². The minimum atomic E-state index is 0.682. The first kappa shape index (κ1) is 17.1. The molecule has 0 fully saturated rings. The Bertz CT molecular complexity index is 865. The third-order valence-corrected chi connectivity index (χ3v) is 4.89. The standard InChI is InChI=1S/C19H18BrClN2O/c1-3-13-8-14-9-16(20)19(23-18(14)10-17(13)21)22-11-12-4-6-15(24-2)7-5-12/h4-10H,3,11H2,1-2H3,(H,22,23). The number of pyridine rings is 1. The number of anilines is 1. The minimum Gasteiger partial charge on any atom is -0.497 e. The molecule has 3 aromatic rings. The number of ether oxygens (including phenoxy) is 1. The van der Waals surface area contributed by atoms with E-state index in [4.69, 9.17) is 21.3 Å². The van der Waals surface area contributed by atoms with E-state index in [9.17, 15) is 0 Å². The van der Waals surface area contributed by atoms with Crippen molar-refractivity contribution in [2.24, 2.45) is 0 Å². The highest BCUT2D eigenvalue weighted by atomic mass is 79.9. The van der Waals surface area contributed by atoms with Crippen LogP contribution in [0.2, 0.25) is 5.02 Å². The van der Waals surface area contributed by atoms with Crippen LogP contribution in [-0.4, -0.2) is 12.1 Å². The van der Waals surface area contributed by atoms with Crippen molar-refractivity contribution >= 4 is 44.3 Å². The highest BCUT2D eigenvalue weighted by molar-refractivity contribution is 9.10. The van der Waals surface area contributed by atoms with Crippen LogP contribution >= 0.6 is 27.5 Å². The number of benzene rings is 2. The monoisotopic (exact) mass is 404 g/mol. The van der Waals surface area contributed by atoms with Crippen molar-refractivity contribution in [2.45, 2.75) is 19.9 Å². The second-order valence-corrected chi connectivity index (χ2v) is 6.77. The van der Waals surface area contributed by atoms with Crippen LogP contribution in [0.4, 0.5) is 5.82 Å². The van der Waals surface area contributed by atoms with Gasteiger partial charge in [-0.2, -0.15) is 0 Å². The molecule has 3 nitrogen and oxygen atoms in total. The molecular formula is C19H18BrClN2O. The van der Waals surface area contributed by atoms with E-state index < -0.39 is 0 Å². The lowest BCUT2D eigenvalue weighted by molar-refractivity contribution is 0.414. The second-order valence-electron chi connectivity index (χ2n) is 5.51. The Labute approximate surface area is 155 Å². The van der Waals surface area contributed by atoms with Gasteiger partial charge >= 0.3 is 0 Å². The molecule has 0 amide bonds. The van der Waals surface area contributed by atoms with Crippen LogP contribution in [0.3, 0.4) is 0 Å². The highest BCUT2D eigenvalue weighted by Gasteiger charge is 2.08. The molecule has 0 radical (unpaired) electrons. The number of nitrogens with one attached hydrogen (secondary N) is 1. The van der Waals surface area contributed by atoms with E-state index in [1.54, 1.807) is 7.11 Å². The normalized spacial score (nSPS) is 10.8. The molecule has 5 heteroatoms. The molecule has 3 rings (SSSR count). The Morgan fingerprint density at radius 3 is 2.58 bits per heavy atom. The predicted molar refractivity (Wildman–Crippen MR) is 104 cm³/mol. The summed E-state index contributed by atoms with van der Waals surface area (Å²) in [5, 5.41) is 5.21. The van der Waals surface area contributed by atoms with Crippen LogP contribution in [0.5, 0.6) is 5.75 Å². The quantitative estimate of drug-likeness (QED) is 0.579. The fourth-order valence-electron chi connectivity index (χ4n) is 2.54. The average molecular weight is 406 g/mol. The number of aromatic nitrogens is 1. The molecule has 1 heterocycles. The Morgan fingerprint density at radius 2 is 1.92 bits per heavy atom. The van der Waals surface area contributed by atoms with Crippen molar-refractivity contribution in [3.8, 4) is 5.75 Å². The first-order chi connectivity index (χ1) is 11.6. The SMILES string of the molecule is CCc1cc2cc(Br)c(NCc3ccc(OC)cc3)nc2cc1Cl. The summed E-state index contributed by atoms with van der Waals surface area (Å²) < 4.78 is 6.11. The van der Waals surface area contributed by atoms with Crippen molar-refractivity contribution in [2.75, 3.05) is 12.4 Å². The van der Waals surface area contributed by atoms with Crippen LogP contribution in [0.15, 0.2) is 46.9 Å². The fraction of sp³-hybridized carbons (Fsp3) is 0.211. The topological polar surface area (TPSA) is 34.1 Å². The largest absolute Gasteiger partial charge is 0.497 e. The molecule has 0 aliphatic heterocycles. The number of fused-ring (bicyclic) bond motifs is 1. The van der Waals surface area contributed by atoms with Crippen LogP contribution < -0.4 is 10.1 Å². The maximum absolute atomic E-state index is 6.31. The summed E-state index contributed by atoms with van der Waals surface area (Å²) >= 11 is 9.91. The third kappa shape index (κ3) is 3.65. The van der Waals surface area contributed by atoms with E-state index in [-0.39, 0.29) is 0 Å². The molecule has 2 aromatic carbocycles. The summed E-state index contributed by atoms with van der Waals surface area (Å²) in [5.41, 5.74) is 3.18. The molecule has 0 atom stereocenters. The third-order valence-electron chi connectivity index (χ3n) is 3.94. The Morgan fingerprint density at radius 1 is 1.17 bits per heavy atom. The molecule has 0 unspecified atom stereocenters. The zero-order valence-corrected chi connectivity index (χ0v) is 15.9. The summed E-state index contributed by atoms with van der Waals surface area (Å²) in [6.07, 6.45) is 0.907. The van der Waals surface area contributed by atoms with Gasteiger partial charge in [-0.3, -0.25) is 0 Å². The summed E-state index contributed by atoms with van der Waals surface area (Å²) in [6, 6.07) is 14.1. The van der Waals surface area contributed by atoms with E-state index in [0.717, 1.165) is 49.5 Å². The second kappa shape index (κ2) is 7.41. The van der Waals surface area contributed by atoms with Gasteiger partial charge in [-0.1, -0.05) is 30.7 Å². The van der Waals surface area contributed by atoms with E-state index in [1.807, 2.05) is 30.3 Å². The lowest BCUT2D eigenvalue weighted by atomic mass is 10.1. The summed E-state index contributed by atoms with van der Waals surface area (Å²) in [7, 11) is 1.67. The fourth-order valence-corrected chi connectivity index (χ4v) is 3.31. The number of halogens is 2. The molecule has 0 saturated heterocycles. The maximum Gasteiger partial charge on any atom is 0.141 e. The zero-order chi connectivity index (χ0) is 17.1. The average Bonchev–Trinajstić information content (AvgIpc) is 2.60. The van der Waals surface area contributed by atoms with Gasteiger partial charge in [0.25, 0.3) is 0 Å². The molecule has 1 N–H and O–H groups in total. The number of methoxy groups -OCH3 is 1. The molecule has 0 spiro atoms. The number of rotatable bonds is 5. The van der Waals surface area contributed by atoms with Gasteiger partial charge in [0.15, 0.2) is 0 Å². The smallest absolute Gasteiger partial charge is 0.141 e. The van der Waals surface area contributed by atoms with Gasteiger partial charge in [0, 0.05) is 17.0 Å². The molecular weight excluding hydrogens is 388 g/mol. The van der Waals surface area contributed by atoms with Gasteiger partial charge in [-0.15, -0.1) is 0 Å². The first-order valence-electron chi connectivity index (χ1n) is 7.76. The molecule has 24 heavy (non-hydrogen) atoms. The van der Waals surface area contributed by atoms with Crippen LogP contribution in [-0.2, 0) is 13.0 Å². The zero-order valence-electron chi connectivity index (χ0n) is 13.6. The first-order valence-corrected chi connectivity index (χ1v) is 8.93. The van der Waals surface area contributed by atoms with Crippen molar-refractivity contribution < 1.29 is 4.74 Å². The predicted octanol–water partition coefficient (Wildman–Crippen LogP) is 5.83. The molecule has 0 bridgehead atoms. The van der Waals surface area contributed by atoms with Gasteiger partial charge in [0.2, 0.25) is 0 Å². The van der Waals surface area contributed by atoms with E-state index in [1.165, 1.54) is 0 Å². The molecule has 0 aliphatic rings. The lowest BCUT2D eigenvalue weighted by Crippen LogP contribution is -2.02.